The summed E-state index contributed by atoms with van der Waals surface area (Å²) in [7, 11) is 0. The molecule has 7 aromatic carbocycles. The van der Waals surface area contributed by atoms with Crippen molar-refractivity contribution >= 4 is 44.1 Å². The van der Waals surface area contributed by atoms with Crippen molar-refractivity contribution in [2.75, 3.05) is 0 Å². The molecule has 7 nitrogen and oxygen atoms in total. The topological polar surface area (TPSA) is 95.0 Å². The van der Waals surface area contributed by atoms with Gasteiger partial charge in [-0.3, -0.25) is 0 Å². The van der Waals surface area contributed by atoms with E-state index in [1.165, 1.54) is 0 Å². The van der Waals surface area contributed by atoms with Crippen LogP contribution in [-0.2, 0) is 0 Å². The van der Waals surface area contributed by atoms with E-state index in [1.54, 1.807) is 42.5 Å². The number of nitrogens with zero attached hydrogens (tertiary/aromatic N) is 7. The fraction of sp³-hybridized carbons (Fsp3) is 0. The predicted molar refractivity (Wildman–Crippen MR) is 221 cm³/mol. The maximum atomic E-state index is 9.59. The Hall–Kier alpha value is -8.49. The van der Waals surface area contributed by atoms with E-state index in [1.807, 2.05) is 84.9 Å². The van der Waals surface area contributed by atoms with Crippen LogP contribution in [0.2, 0.25) is 0 Å². The number of pyridine rings is 1. The van der Waals surface area contributed by atoms with Crippen LogP contribution in [0.1, 0.15) is 11.1 Å². The lowest BCUT2D eigenvalue weighted by Gasteiger charge is -2.18. The molecule has 2 heterocycles. The zero-order valence-corrected chi connectivity index (χ0v) is 29.6. The number of fused-ring (bicyclic) bond motifs is 5. The Kier molecular flexibility index (Phi) is 8.23. The van der Waals surface area contributed by atoms with Crippen molar-refractivity contribution in [1.29, 1.82) is 10.5 Å². The zero-order valence-electron chi connectivity index (χ0n) is 29.6. The molecule has 0 aliphatic rings. The molecule has 0 unspecified atom stereocenters. The van der Waals surface area contributed by atoms with Crippen molar-refractivity contribution in [3.8, 4) is 68.2 Å². The van der Waals surface area contributed by atoms with Gasteiger partial charge in [-0.2, -0.15) is 10.5 Å². The molecule has 256 valence electrons. The summed E-state index contributed by atoms with van der Waals surface area (Å²) in [5.41, 5.74) is 12.3. The lowest BCUT2D eigenvalue weighted by Crippen LogP contribution is -2.00. The quantitative estimate of drug-likeness (QED) is 0.131. The maximum absolute atomic E-state index is 9.59. The standard InChI is InChI=1S/C49H25N7/c1-52-38-22-20-36(21-23-38)46-47(35-14-12-30(28-50)13-15-35)56-49-44-40-10-6-7-11-43(40)54-45(42(44)27-41(48(49)55-46)33-8-4-3-5-9-33)34-18-16-32(17-19-34)37-24-31(29-51)25-39(26-37)53-2/h3-27H. The minimum absolute atomic E-state index is 0.413. The predicted octanol–water partition coefficient (Wildman–Crippen LogP) is 12.5. The molecule has 0 bridgehead atoms. The molecule has 0 aliphatic heterocycles. The van der Waals surface area contributed by atoms with Crippen LogP contribution in [0.3, 0.4) is 0 Å². The van der Waals surface area contributed by atoms with E-state index >= 15 is 0 Å². The fourth-order valence-electron chi connectivity index (χ4n) is 7.22. The number of hydrogen-bond donors (Lipinski definition) is 0. The second-order valence-electron chi connectivity index (χ2n) is 13.2. The number of benzene rings is 7. The van der Waals surface area contributed by atoms with Gasteiger partial charge >= 0.3 is 0 Å². The van der Waals surface area contributed by atoms with Gasteiger partial charge in [-0.05, 0) is 64.7 Å². The van der Waals surface area contributed by atoms with Crippen molar-refractivity contribution in [3.05, 3.63) is 186 Å². The Bertz CT molecular complexity index is 3160. The van der Waals surface area contributed by atoms with Crippen molar-refractivity contribution in [2.24, 2.45) is 0 Å². The summed E-state index contributed by atoms with van der Waals surface area (Å²) >= 11 is 0. The normalized spacial score (nSPS) is 10.8. The summed E-state index contributed by atoms with van der Waals surface area (Å²) in [6.07, 6.45) is 0. The first-order chi connectivity index (χ1) is 27.5. The molecule has 0 amide bonds. The van der Waals surface area contributed by atoms with Crippen molar-refractivity contribution in [1.82, 2.24) is 15.0 Å². The minimum atomic E-state index is 0.413. The second kappa shape index (κ2) is 13.8. The maximum Gasteiger partial charge on any atom is 0.189 e. The summed E-state index contributed by atoms with van der Waals surface area (Å²) in [6, 6.07) is 52.7. The van der Waals surface area contributed by atoms with Crippen molar-refractivity contribution < 1.29 is 0 Å². The highest BCUT2D eigenvalue weighted by Gasteiger charge is 2.22. The van der Waals surface area contributed by atoms with Crippen LogP contribution in [0.4, 0.5) is 11.4 Å². The Morgan fingerprint density at radius 3 is 1.70 bits per heavy atom. The largest absolute Gasteiger partial charge is 0.247 e. The Morgan fingerprint density at radius 2 is 1.02 bits per heavy atom. The molecule has 9 aromatic rings. The average Bonchev–Trinajstić information content (AvgIpc) is 3.28. The van der Waals surface area contributed by atoms with E-state index in [-0.39, 0.29) is 0 Å². The first kappa shape index (κ1) is 33.4. The molecule has 7 heteroatoms. The van der Waals surface area contributed by atoms with Gasteiger partial charge in [0.2, 0.25) is 0 Å². The highest BCUT2D eigenvalue weighted by molar-refractivity contribution is 6.24. The van der Waals surface area contributed by atoms with E-state index in [4.69, 9.17) is 28.1 Å². The van der Waals surface area contributed by atoms with Crippen LogP contribution < -0.4 is 0 Å². The van der Waals surface area contributed by atoms with Crippen LogP contribution in [0, 0.1) is 35.8 Å². The Morgan fingerprint density at radius 1 is 0.429 bits per heavy atom. The Balaban J connectivity index is 1.37. The van der Waals surface area contributed by atoms with E-state index < -0.39 is 0 Å². The van der Waals surface area contributed by atoms with Gasteiger partial charge in [0.1, 0.15) is 0 Å². The molecule has 2 aromatic heterocycles. The van der Waals surface area contributed by atoms with Crippen LogP contribution in [-0.4, -0.2) is 15.0 Å². The molecule has 0 atom stereocenters. The average molecular weight is 712 g/mol. The van der Waals surface area contributed by atoms with Crippen LogP contribution in [0.25, 0.3) is 98.4 Å². The van der Waals surface area contributed by atoms with Gasteiger partial charge in [0, 0.05) is 38.4 Å². The minimum Gasteiger partial charge on any atom is -0.247 e. The van der Waals surface area contributed by atoms with Crippen molar-refractivity contribution in [2.45, 2.75) is 0 Å². The van der Waals surface area contributed by atoms with Crippen LogP contribution in [0.5, 0.6) is 0 Å². The number of nitriles is 2. The van der Waals surface area contributed by atoms with Gasteiger partial charge in [-0.25, -0.2) is 24.6 Å². The van der Waals surface area contributed by atoms with Gasteiger partial charge in [0.15, 0.2) is 11.4 Å². The first-order valence-corrected chi connectivity index (χ1v) is 17.7. The van der Waals surface area contributed by atoms with E-state index in [0.29, 0.717) is 39.4 Å². The molecule has 9 rings (SSSR count). The van der Waals surface area contributed by atoms with E-state index in [9.17, 15) is 10.5 Å². The number of rotatable bonds is 5. The summed E-state index contributed by atoms with van der Waals surface area (Å²) in [6.45, 7) is 15.0. The van der Waals surface area contributed by atoms with Gasteiger partial charge in [0.05, 0.1) is 64.5 Å². The second-order valence-corrected chi connectivity index (χ2v) is 13.2. The lowest BCUT2D eigenvalue weighted by atomic mass is 9.92. The van der Waals surface area contributed by atoms with Gasteiger partial charge in [0.25, 0.3) is 0 Å². The molecule has 0 saturated carbocycles. The van der Waals surface area contributed by atoms with Gasteiger partial charge < -0.3 is 0 Å². The SMILES string of the molecule is [C-]#[N+]c1ccc(-c2nc3c(-c4ccccc4)cc4c(-c5ccc(-c6cc(C#N)cc([N+]#[C-])c6)cc5)nc5ccccc5c4c3nc2-c2ccc(C#N)cc2)cc1. The van der Waals surface area contributed by atoms with Gasteiger partial charge in [-0.15, -0.1) is 0 Å². The number of aromatic nitrogens is 3. The lowest BCUT2D eigenvalue weighted by molar-refractivity contribution is 1.30. The molecule has 0 aliphatic carbocycles. The fourth-order valence-corrected chi connectivity index (χ4v) is 7.22. The number of para-hydroxylation sites is 1. The summed E-state index contributed by atoms with van der Waals surface area (Å²) in [5, 5.41) is 21.9. The molecule has 0 spiro atoms. The molecule has 0 saturated heterocycles. The van der Waals surface area contributed by atoms with E-state index in [2.05, 4.69) is 46.1 Å². The molecular weight excluding hydrogens is 687 g/mol. The third kappa shape index (κ3) is 5.82. The molecule has 0 N–H and O–H groups in total. The molecule has 0 fully saturated rings. The molecular formula is C49H25N7. The smallest absolute Gasteiger partial charge is 0.189 e. The highest BCUT2D eigenvalue weighted by atomic mass is 14.8. The summed E-state index contributed by atoms with van der Waals surface area (Å²) in [5.74, 6) is 0. The third-order valence-corrected chi connectivity index (χ3v) is 9.92. The third-order valence-electron chi connectivity index (χ3n) is 9.92. The first-order valence-electron chi connectivity index (χ1n) is 17.7. The van der Waals surface area contributed by atoms with Crippen LogP contribution >= 0.6 is 0 Å². The summed E-state index contributed by atoms with van der Waals surface area (Å²) in [4.78, 5) is 23.4. The Labute approximate surface area is 322 Å². The summed E-state index contributed by atoms with van der Waals surface area (Å²) < 4.78 is 0. The highest BCUT2D eigenvalue weighted by Crippen LogP contribution is 2.43. The monoisotopic (exact) mass is 711 g/mol. The molecule has 56 heavy (non-hydrogen) atoms. The van der Waals surface area contributed by atoms with Crippen LogP contribution in [0.15, 0.2) is 152 Å². The zero-order chi connectivity index (χ0) is 38.2. The van der Waals surface area contributed by atoms with E-state index in [0.717, 1.165) is 71.8 Å². The van der Waals surface area contributed by atoms with Gasteiger partial charge in [-0.1, -0.05) is 109 Å². The van der Waals surface area contributed by atoms with Crippen molar-refractivity contribution in [3.63, 3.8) is 0 Å². The molecule has 0 radical (unpaired) electrons. The number of hydrogen-bond acceptors (Lipinski definition) is 5.